The third kappa shape index (κ3) is 2.83. The summed E-state index contributed by atoms with van der Waals surface area (Å²) >= 11 is 0. The highest BCUT2D eigenvalue weighted by Gasteiger charge is 2.10. The van der Waals surface area contributed by atoms with Gasteiger partial charge in [-0.15, -0.1) is 5.10 Å². The number of hydrogen-bond donors (Lipinski definition) is 1. The summed E-state index contributed by atoms with van der Waals surface area (Å²) in [6.07, 6.45) is 1.70. The van der Waals surface area contributed by atoms with E-state index in [1.165, 1.54) is 0 Å². The fourth-order valence-corrected chi connectivity index (χ4v) is 1.65. The molecule has 0 aliphatic heterocycles. The van der Waals surface area contributed by atoms with E-state index in [4.69, 9.17) is 0 Å². The number of anilines is 1. The molecule has 0 aliphatic carbocycles. The lowest BCUT2D eigenvalue weighted by molar-refractivity contribution is 0.915. The Hall–Kier alpha value is -2.55. The van der Waals surface area contributed by atoms with Gasteiger partial charge in [0, 0.05) is 6.20 Å². The molecular formula is C13H14N6. The maximum Gasteiger partial charge on any atom is 0.167 e. The number of nitrogens with one attached hydrogen (secondary N) is 1. The fourth-order valence-electron chi connectivity index (χ4n) is 1.65. The van der Waals surface area contributed by atoms with Gasteiger partial charge in [-0.2, -0.15) is 10.4 Å². The van der Waals surface area contributed by atoms with Crippen LogP contribution in [0.3, 0.4) is 0 Å². The number of rotatable bonds is 3. The van der Waals surface area contributed by atoms with E-state index < -0.39 is 0 Å². The lowest BCUT2D eigenvalue weighted by atomic mass is 10.1. The number of aryl methyl sites for hydroxylation is 2. The zero-order chi connectivity index (χ0) is 13.8. The van der Waals surface area contributed by atoms with E-state index in [0.717, 1.165) is 17.0 Å². The summed E-state index contributed by atoms with van der Waals surface area (Å²) in [7, 11) is 0. The van der Waals surface area contributed by atoms with Crippen LogP contribution in [-0.4, -0.2) is 20.2 Å². The van der Waals surface area contributed by atoms with Gasteiger partial charge in [0.05, 0.1) is 17.9 Å². The Balaban J connectivity index is 2.21. The molecule has 0 atom stereocenters. The lowest BCUT2D eigenvalue weighted by Gasteiger charge is -2.09. The topological polar surface area (TPSA) is 87.4 Å². The second-order valence-corrected chi connectivity index (χ2v) is 4.19. The molecule has 0 saturated heterocycles. The van der Waals surface area contributed by atoms with E-state index in [1.54, 1.807) is 6.20 Å². The van der Waals surface area contributed by atoms with Gasteiger partial charge in [-0.1, -0.05) is 0 Å². The van der Waals surface area contributed by atoms with Gasteiger partial charge in [-0.05, 0) is 32.4 Å². The normalized spacial score (nSPS) is 10.0. The van der Waals surface area contributed by atoms with Crippen molar-refractivity contribution in [1.82, 2.24) is 20.2 Å². The molecule has 19 heavy (non-hydrogen) atoms. The average molecular weight is 254 g/mol. The van der Waals surface area contributed by atoms with Gasteiger partial charge in [0.1, 0.15) is 17.5 Å². The van der Waals surface area contributed by atoms with Crippen molar-refractivity contribution in [3.63, 3.8) is 0 Å². The highest BCUT2D eigenvalue weighted by Crippen LogP contribution is 2.17. The van der Waals surface area contributed by atoms with E-state index in [1.807, 2.05) is 26.8 Å². The molecule has 0 unspecified atom stereocenters. The first-order valence-electron chi connectivity index (χ1n) is 5.88. The van der Waals surface area contributed by atoms with Crippen molar-refractivity contribution in [2.24, 2.45) is 0 Å². The molecule has 6 heteroatoms. The van der Waals surface area contributed by atoms with Gasteiger partial charge in [-0.25, -0.2) is 9.97 Å². The van der Waals surface area contributed by atoms with Gasteiger partial charge in [0.25, 0.3) is 0 Å². The van der Waals surface area contributed by atoms with E-state index in [-0.39, 0.29) is 0 Å². The quantitative estimate of drug-likeness (QED) is 0.896. The Kier molecular flexibility index (Phi) is 3.66. The Labute approximate surface area is 111 Å². The minimum absolute atomic E-state index is 0.481. The number of hydrogen-bond acceptors (Lipinski definition) is 6. The van der Waals surface area contributed by atoms with Crippen LogP contribution in [0.2, 0.25) is 0 Å². The molecule has 0 fully saturated rings. The molecule has 96 valence electrons. The van der Waals surface area contributed by atoms with Crippen LogP contribution < -0.4 is 5.32 Å². The fraction of sp³-hybridized carbons (Fsp3) is 0.308. The molecule has 2 rings (SSSR count). The lowest BCUT2D eigenvalue weighted by Crippen LogP contribution is -2.09. The summed E-state index contributed by atoms with van der Waals surface area (Å²) in [4.78, 5) is 8.31. The van der Waals surface area contributed by atoms with Gasteiger partial charge in [0.15, 0.2) is 5.82 Å². The SMILES string of the molecule is Cc1nccc(CNc2nnc(C)c(C)c2C#N)n1. The van der Waals surface area contributed by atoms with Crippen molar-refractivity contribution in [2.45, 2.75) is 27.3 Å². The minimum Gasteiger partial charge on any atom is -0.362 e. The first-order chi connectivity index (χ1) is 9.11. The van der Waals surface area contributed by atoms with Crippen LogP contribution in [0.4, 0.5) is 5.82 Å². The van der Waals surface area contributed by atoms with Crippen LogP contribution in [0.5, 0.6) is 0 Å². The zero-order valence-electron chi connectivity index (χ0n) is 11.1. The maximum absolute atomic E-state index is 9.18. The number of nitrogens with zero attached hydrogens (tertiary/aromatic N) is 5. The van der Waals surface area contributed by atoms with Crippen LogP contribution in [0.1, 0.15) is 28.3 Å². The average Bonchev–Trinajstić information content (AvgIpc) is 2.40. The van der Waals surface area contributed by atoms with Crippen LogP contribution >= 0.6 is 0 Å². The summed E-state index contributed by atoms with van der Waals surface area (Å²) in [5.41, 5.74) is 2.98. The number of aromatic nitrogens is 4. The molecule has 2 heterocycles. The summed E-state index contributed by atoms with van der Waals surface area (Å²) in [6.45, 7) is 6.01. The maximum atomic E-state index is 9.18. The largest absolute Gasteiger partial charge is 0.362 e. The molecule has 2 aromatic heterocycles. The Morgan fingerprint density at radius 1 is 1.26 bits per heavy atom. The Bertz CT molecular complexity index is 644. The van der Waals surface area contributed by atoms with Gasteiger partial charge < -0.3 is 5.32 Å². The predicted molar refractivity (Wildman–Crippen MR) is 70.3 cm³/mol. The molecule has 0 aliphatic rings. The predicted octanol–water partition coefficient (Wildman–Crippen LogP) is 1.68. The highest BCUT2D eigenvalue weighted by atomic mass is 15.2. The molecule has 1 N–H and O–H groups in total. The minimum atomic E-state index is 0.481. The van der Waals surface area contributed by atoms with Crippen molar-refractivity contribution in [2.75, 3.05) is 5.32 Å². The van der Waals surface area contributed by atoms with Crippen molar-refractivity contribution >= 4 is 5.82 Å². The smallest absolute Gasteiger partial charge is 0.167 e. The third-order valence-corrected chi connectivity index (χ3v) is 2.84. The van der Waals surface area contributed by atoms with Crippen LogP contribution in [0.15, 0.2) is 12.3 Å². The molecule has 0 bridgehead atoms. The standard InChI is InChI=1S/C13H14N6/c1-8-9(2)18-19-13(12(8)6-14)16-7-11-4-5-15-10(3)17-11/h4-5H,7H2,1-3H3,(H,16,19). The summed E-state index contributed by atoms with van der Waals surface area (Å²) in [5, 5.41) is 20.3. The van der Waals surface area contributed by atoms with Crippen molar-refractivity contribution < 1.29 is 0 Å². The highest BCUT2D eigenvalue weighted by molar-refractivity contribution is 5.55. The molecule has 0 amide bonds. The van der Waals surface area contributed by atoms with E-state index in [0.29, 0.717) is 23.8 Å². The van der Waals surface area contributed by atoms with Crippen molar-refractivity contribution in [3.05, 3.63) is 40.6 Å². The Morgan fingerprint density at radius 3 is 2.74 bits per heavy atom. The molecular weight excluding hydrogens is 240 g/mol. The molecule has 0 radical (unpaired) electrons. The second kappa shape index (κ2) is 5.40. The van der Waals surface area contributed by atoms with Gasteiger partial charge in [-0.3, -0.25) is 0 Å². The van der Waals surface area contributed by atoms with Crippen LogP contribution in [0.25, 0.3) is 0 Å². The number of nitriles is 1. The Morgan fingerprint density at radius 2 is 2.05 bits per heavy atom. The molecule has 0 aromatic carbocycles. The van der Waals surface area contributed by atoms with Crippen LogP contribution in [0, 0.1) is 32.1 Å². The molecule has 2 aromatic rings. The van der Waals surface area contributed by atoms with Gasteiger partial charge in [0.2, 0.25) is 0 Å². The van der Waals surface area contributed by atoms with E-state index in [2.05, 4.69) is 31.6 Å². The molecule has 6 nitrogen and oxygen atoms in total. The van der Waals surface area contributed by atoms with Crippen molar-refractivity contribution in [3.8, 4) is 6.07 Å². The summed E-state index contributed by atoms with van der Waals surface area (Å²) in [5.74, 6) is 1.20. The molecule has 0 spiro atoms. The third-order valence-electron chi connectivity index (χ3n) is 2.84. The van der Waals surface area contributed by atoms with Gasteiger partial charge >= 0.3 is 0 Å². The van der Waals surface area contributed by atoms with Crippen molar-refractivity contribution in [1.29, 1.82) is 5.26 Å². The molecule has 0 saturated carbocycles. The van der Waals surface area contributed by atoms with E-state index >= 15 is 0 Å². The van der Waals surface area contributed by atoms with E-state index in [9.17, 15) is 5.26 Å². The first-order valence-corrected chi connectivity index (χ1v) is 5.88. The first kappa shape index (κ1) is 12.9. The summed E-state index contributed by atoms with van der Waals surface area (Å²) in [6, 6.07) is 3.97. The monoisotopic (exact) mass is 254 g/mol. The van der Waals surface area contributed by atoms with Crippen LogP contribution in [-0.2, 0) is 6.54 Å². The summed E-state index contributed by atoms with van der Waals surface area (Å²) < 4.78 is 0. The second-order valence-electron chi connectivity index (χ2n) is 4.19. The zero-order valence-corrected chi connectivity index (χ0v) is 11.1.